The molecule has 1 aromatic rings. The van der Waals surface area contributed by atoms with Gasteiger partial charge in [0.25, 0.3) is 0 Å². The summed E-state index contributed by atoms with van der Waals surface area (Å²) in [6, 6.07) is 3.43. The second kappa shape index (κ2) is 8.95. The van der Waals surface area contributed by atoms with Gasteiger partial charge in [-0.1, -0.05) is 30.1 Å². The Morgan fingerprint density at radius 1 is 1.44 bits per heavy atom. The van der Waals surface area contributed by atoms with Gasteiger partial charge in [0.1, 0.15) is 10.9 Å². The smallest absolute Gasteiger partial charge is 0.242 e. The van der Waals surface area contributed by atoms with Crippen molar-refractivity contribution >= 4 is 50.9 Å². The number of halogens is 2. The van der Waals surface area contributed by atoms with E-state index in [1.165, 1.54) is 18.2 Å². The number of likely N-dealkylation sites (tertiary alicyclic amines) is 1. The maximum Gasteiger partial charge on any atom is 0.242 e. The third-order valence-corrected chi connectivity index (χ3v) is 6.96. The molecular weight excluding hydrogens is 403 g/mol. The number of hydrogen-bond donors (Lipinski definition) is 1. The van der Waals surface area contributed by atoms with Gasteiger partial charge in [-0.3, -0.25) is 4.79 Å². The fourth-order valence-corrected chi connectivity index (χ4v) is 5.22. The van der Waals surface area contributed by atoms with Crippen LogP contribution in [-0.4, -0.2) is 50.4 Å². The summed E-state index contributed by atoms with van der Waals surface area (Å²) in [5.74, 6) is 0.926. The average molecular weight is 425 g/mol. The number of carbonyl (C=O) groups excluding carboxylic acids is 1. The van der Waals surface area contributed by atoms with Gasteiger partial charge in [0, 0.05) is 18.1 Å². The molecule has 9 heteroatoms. The number of amides is 1. The lowest BCUT2D eigenvalue weighted by Crippen LogP contribution is -2.48. The molecule has 1 saturated heterocycles. The van der Waals surface area contributed by atoms with E-state index in [4.69, 9.17) is 23.2 Å². The monoisotopic (exact) mass is 424 g/mol. The molecule has 1 heterocycles. The lowest BCUT2D eigenvalue weighted by Gasteiger charge is -2.24. The van der Waals surface area contributed by atoms with Crippen LogP contribution in [0.2, 0.25) is 10.0 Å². The van der Waals surface area contributed by atoms with Crippen molar-refractivity contribution in [3.05, 3.63) is 28.2 Å². The summed E-state index contributed by atoms with van der Waals surface area (Å²) in [4.78, 5) is 14.4. The highest BCUT2D eigenvalue weighted by atomic mass is 35.5. The number of benzene rings is 1. The van der Waals surface area contributed by atoms with Crippen molar-refractivity contribution in [3.8, 4) is 0 Å². The molecule has 1 N–H and O–H groups in total. The number of nitrogens with zero attached hydrogens (tertiary/aromatic N) is 1. The predicted molar refractivity (Wildman–Crippen MR) is 104 cm³/mol. The molecule has 0 bridgehead atoms. The first kappa shape index (κ1) is 20.8. The topological polar surface area (TPSA) is 66.5 Å². The van der Waals surface area contributed by atoms with Gasteiger partial charge in [0.15, 0.2) is 0 Å². The van der Waals surface area contributed by atoms with Crippen molar-refractivity contribution in [3.63, 3.8) is 0 Å². The number of sulfonamides is 1. The maximum absolute atomic E-state index is 12.8. The highest BCUT2D eigenvalue weighted by Gasteiger charge is 2.32. The van der Waals surface area contributed by atoms with Gasteiger partial charge in [-0.2, -0.15) is 16.5 Å². The Morgan fingerprint density at radius 3 is 2.76 bits per heavy atom. The molecule has 2 rings (SSSR count). The van der Waals surface area contributed by atoms with E-state index in [-0.39, 0.29) is 20.8 Å². The highest BCUT2D eigenvalue weighted by molar-refractivity contribution is 7.98. The Hall–Kier alpha value is -0.470. The molecule has 140 valence electrons. The van der Waals surface area contributed by atoms with Gasteiger partial charge in [-0.15, -0.1) is 0 Å². The first-order valence-electron chi connectivity index (χ1n) is 7.99. The summed E-state index contributed by atoms with van der Waals surface area (Å²) in [6.45, 7) is 3.41. The summed E-state index contributed by atoms with van der Waals surface area (Å²) in [5.41, 5.74) is 0. The predicted octanol–water partition coefficient (Wildman–Crippen LogP) is 3.26. The van der Waals surface area contributed by atoms with Gasteiger partial charge < -0.3 is 4.90 Å². The third-order valence-electron chi connectivity index (χ3n) is 4.12. The molecule has 0 radical (unpaired) electrons. The van der Waals surface area contributed by atoms with Crippen LogP contribution in [0.25, 0.3) is 0 Å². The van der Waals surface area contributed by atoms with Gasteiger partial charge >= 0.3 is 0 Å². The quantitative estimate of drug-likeness (QED) is 0.728. The molecular formula is C16H22Cl2N2O3S2. The molecule has 1 aromatic carbocycles. The molecule has 2 atom stereocenters. The Morgan fingerprint density at radius 2 is 2.16 bits per heavy atom. The van der Waals surface area contributed by atoms with E-state index in [1.807, 2.05) is 6.26 Å². The summed E-state index contributed by atoms with van der Waals surface area (Å²) in [6.07, 6.45) is 3.28. The normalized spacial score (nSPS) is 19.2. The van der Waals surface area contributed by atoms with Crippen LogP contribution in [0.3, 0.4) is 0 Å². The number of rotatable bonds is 7. The van der Waals surface area contributed by atoms with Crippen LogP contribution in [0.4, 0.5) is 0 Å². The Labute approximate surface area is 163 Å². The van der Waals surface area contributed by atoms with Crippen molar-refractivity contribution in [1.82, 2.24) is 9.62 Å². The molecule has 2 unspecified atom stereocenters. The van der Waals surface area contributed by atoms with Gasteiger partial charge in [-0.05, 0) is 49.0 Å². The summed E-state index contributed by atoms with van der Waals surface area (Å²) in [7, 11) is -3.95. The fourth-order valence-electron chi connectivity index (χ4n) is 2.76. The van der Waals surface area contributed by atoms with E-state index < -0.39 is 16.1 Å². The Kier molecular flexibility index (Phi) is 7.46. The maximum atomic E-state index is 12.8. The van der Waals surface area contributed by atoms with Crippen LogP contribution in [0.1, 0.15) is 19.8 Å². The van der Waals surface area contributed by atoms with Crippen molar-refractivity contribution in [1.29, 1.82) is 0 Å². The molecule has 0 aliphatic carbocycles. The van der Waals surface area contributed by atoms with E-state index >= 15 is 0 Å². The van der Waals surface area contributed by atoms with E-state index in [2.05, 4.69) is 11.6 Å². The standard InChI is InChI=1S/C16H22Cl2N2O3S2/c1-11-5-7-20(10-11)16(21)14(6-8-24-2)19-25(22,23)15-9-12(17)3-4-13(15)18/h3-4,9,11,14,19H,5-8,10H2,1-2H3. The molecule has 1 fully saturated rings. The molecule has 0 saturated carbocycles. The van der Waals surface area contributed by atoms with Crippen LogP contribution >= 0.6 is 35.0 Å². The molecule has 1 amide bonds. The minimum atomic E-state index is -3.95. The fraction of sp³-hybridized carbons (Fsp3) is 0.562. The molecule has 0 aromatic heterocycles. The van der Waals surface area contributed by atoms with Crippen molar-refractivity contribution < 1.29 is 13.2 Å². The van der Waals surface area contributed by atoms with E-state index in [9.17, 15) is 13.2 Å². The third kappa shape index (κ3) is 5.50. The minimum Gasteiger partial charge on any atom is -0.341 e. The first-order valence-corrected chi connectivity index (χ1v) is 11.6. The zero-order chi connectivity index (χ0) is 18.6. The second-order valence-corrected chi connectivity index (χ2v) is 9.72. The lowest BCUT2D eigenvalue weighted by molar-refractivity contribution is -0.132. The zero-order valence-electron chi connectivity index (χ0n) is 14.2. The number of nitrogens with one attached hydrogen (secondary N) is 1. The molecule has 1 aliphatic heterocycles. The highest BCUT2D eigenvalue weighted by Crippen LogP contribution is 2.26. The van der Waals surface area contributed by atoms with Gasteiger partial charge in [0.05, 0.1) is 5.02 Å². The van der Waals surface area contributed by atoms with E-state index in [0.29, 0.717) is 31.2 Å². The zero-order valence-corrected chi connectivity index (χ0v) is 17.3. The summed E-state index contributed by atoms with van der Waals surface area (Å²) >= 11 is 13.5. The van der Waals surface area contributed by atoms with E-state index in [1.54, 1.807) is 16.7 Å². The van der Waals surface area contributed by atoms with Crippen LogP contribution < -0.4 is 4.72 Å². The van der Waals surface area contributed by atoms with E-state index in [0.717, 1.165) is 6.42 Å². The van der Waals surface area contributed by atoms with Crippen LogP contribution in [0.5, 0.6) is 0 Å². The SMILES string of the molecule is CSCCC(NS(=O)(=O)c1cc(Cl)ccc1Cl)C(=O)N1CCC(C)C1. The van der Waals surface area contributed by atoms with Gasteiger partial charge in [-0.25, -0.2) is 8.42 Å². The first-order chi connectivity index (χ1) is 11.7. The second-order valence-electron chi connectivity index (χ2n) is 6.21. The average Bonchev–Trinajstić information content (AvgIpc) is 2.99. The van der Waals surface area contributed by atoms with Crippen molar-refractivity contribution in [2.24, 2.45) is 5.92 Å². The summed E-state index contributed by atoms with van der Waals surface area (Å²) in [5, 5.41) is 0.341. The van der Waals surface area contributed by atoms with Gasteiger partial charge in [0.2, 0.25) is 15.9 Å². The number of carbonyl (C=O) groups is 1. The van der Waals surface area contributed by atoms with Crippen molar-refractivity contribution in [2.45, 2.75) is 30.7 Å². The van der Waals surface area contributed by atoms with Crippen LogP contribution in [-0.2, 0) is 14.8 Å². The van der Waals surface area contributed by atoms with Crippen LogP contribution in [0, 0.1) is 5.92 Å². The van der Waals surface area contributed by atoms with Crippen LogP contribution in [0.15, 0.2) is 23.1 Å². The molecule has 1 aliphatic rings. The van der Waals surface area contributed by atoms with Crippen molar-refractivity contribution in [2.75, 3.05) is 25.1 Å². The molecule has 25 heavy (non-hydrogen) atoms. The number of hydrogen-bond acceptors (Lipinski definition) is 4. The lowest BCUT2D eigenvalue weighted by atomic mass is 10.2. The molecule has 0 spiro atoms. The molecule has 5 nitrogen and oxygen atoms in total. The Bertz CT molecular complexity index is 728. The largest absolute Gasteiger partial charge is 0.341 e. The number of thioether (sulfide) groups is 1. The summed E-state index contributed by atoms with van der Waals surface area (Å²) < 4.78 is 28.0. The Balaban J connectivity index is 2.23. The minimum absolute atomic E-state index is 0.0720.